The van der Waals surface area contributed by atoms with Gasteiger partial charge < -0.3 is 9.47 Å². The average molecular weight is 505 g/mol. The summed E-state index contributed by atoms with van der Waals surface area (Å²) < 4.78 is 15.0. The molecule has 9 heteroatoms. The smallest absolute Gasteiger partial charge is 0.329 e. The lowest BCUT2D eigenvalue weighted by Gasteiger charge is -2.18. The molecule has 0 atom stereocenters. The summed E-state index contributed by atoms with van der Waals surface area (Å²) in [5.41, 5.74) is 5.81. The topological polar surface area (TPSA) is 99.8 Å². The summed E-state index contributed by atoms with van der Waals surface area (Å²) in [5, 5.41) is 14.5. The molecule has 0 radical (unpaired) electrons. The second-order valence-corrected chi connectivity index (χ2v) is 9.09. The normalized spacial score (nSPS) is 11.5. The van der Waals surface area contributed by atoms with Crippen LogP contribution >= 0.6 is 0 Å². The zero-order valence-electron chi connectivity index (χ0n) is 22.1. The van der Waals surface area contributed by atoms with E-state index < -0.39 is 6.29 Å². The summed E-state index contributed by atoms with van der Waals surface area (Å²) in [6.45, 7) is 5.42. The Morgan fingerprint density at radius 1 is 0.919 bits per heavy atom. The Kier molecular flexibility index (Phi) is 9.03. The molecule has 196 valence electrons. The van der Waals surface area contributed by atoms with Crippen LogP contribution in [-0.4, -0.2) is 44.0 Å². The highest BCUT2D eigenvalue weighted by atomic mass is 16.7. The van der Waals surface area contributed by atoms with Crippen LogP contribution in [-0.2, 0) is 29.0 Å². The molecule has 0 aliphatic heterocycles. The number of ether oxygens (including phenoxy) is 2. The minimum atomic E-state index is -0.582. The summed E-state index contributed by atoms with van der Waals surface area (Å²) in [4.78, 5) is 13.7. The third-order valence-corrected chi connectivity index (χ3v) is 6.62. The summed E-state index contributed by atoms with van der Waals surface area (Å²) >= 11 is 0. The van der Waals surface area contributed by atoms with E-state index >= 15 is 0 Å². The van der Waals surface area contributed by atoms with Crippen LogP contribution in [0.3, 0.4) is 0 Å². The van der Waals surface area contributed by atoms with Crippen LogP contribution in [0.4, 0.5) is 0 Å². The quantitative estimate of drug-likeness (QED) is 0.204. The van der Waals surface area contributed by atoms with Crippen molar-refractivity contribution >= 4 is 0 Å². The maximum Gasteiger partial charge on any atom is 0.329 e. The van der Waals surface area contributed by atoms with Crippen LogP contribution in [0.15, 0.2) is 53.3 Å². The summed E-state index contributed by atoms with van der Waals surface area (Å²) in [6, 6.07) is 16.3. The van der Waals surface area contributed by atoms with Crippen molar-refractivity contribution in [3.05, 3.63) is 76.0 Å². The van der Waals surface area contributed by atoms with Gasteiger partial charge in [0.2, 0.25) is 5.82 Å². The second-order valence-electron chi connectivity index (χ2n) is 9.09. The van der Waals surface area contributed by atoms with Crippen molar-refractivity contribution in [1.82, 2.24) is 29.8 Å². The molecule has 4 aromatic rings. The molecule has 9 nitrogen and oxygen atoms in total. The van der Waals surface area contributed by atoms with Gasteiger partial charge in [0, 0.05) is 32.0 Å². The van der Waals surface area contributed by atoms with Crippen LogP contribution < -0.4 is 5.69 Å². The van der Waals surface area contributed by atoms with Gasteiger partial charge in [-0.05, 0) is 34.7 Å². The SMILES string of the molecule is CCCCCn1c(C(OC)OC)c(CCC)n(Cc2ccc(-c3ccccc3-c3nn[nH]n3)cc2)c1=O. The first-order chi connectivity index (χ1) is 18.1. The number of H-pyrrole nitrogens is 1. The number of imidazole rings is 1. The molecule has 37 heavy (non-hydrogen) atoms. The van der Waals surface area contributed by atoms with Crippen molar-refractivity contribution in [2.24, 2.45) is 0 Å². The van der Waals surface area contributed by atoms with Gasteiger partial charge in [-0.1, -0.05) is 81.6 Å². The van der Waals surface area contributed by atoms with Crippen LogP contribution in [0.5, 0.6) is 0 Å². The molecule has 0 saturated heterocycles. The number of benzene rings is 2. The minimum absolute atomic E-state index is 0.0137. The molecule has 0 fully saturated rings. The van der Waals surface area contributed by atoms with Gasteiger partial charge in [-0.25, -0.2) is 4.79 Å². The van der Waals surface area contributed by atoms with Crippen LogP contribution in [0.1, 0.15) is 62.8 Å². The van der Waals surface area contributed by atoms with E-state index in [1.54, 1.807) is 14.2 Å². The van der Waals surface area contributed by atoms with E-state index in [0.29, 0.717) is 18.9 Å². The molecule has 0 aliphatic rings. The largest absolute Gasteiger partial charge is 0.350 e. The summed E-state index contributed by atoms with van der Waals surface area (Å²) in [5.74, 6) is 0.554. The number of hydrogen-bond acceptors (Lipinski definition) is 6. The molecular weight excluding hydrogens is 468 g/mol. The Hall–Kier alpha value is -3.56. The minimum Gasteiger partial charge on any atom is -0.350 e. The van der Waals surface area contributed by atoms with Crippen molar-refractivity contribution in [2.45, 2.75) is 65.3 Å². The van der Waals surface area contributed by atoms with Crippen LogP contribution in [0.25, 0.3) is 22.5 Å². The lowest BCUT2D eigenvalue weighted by molar-refractivity contribution is -0.111. The standard InChI is InChI=1S/C28H36N6O3/c1-5-7-10-18-33-25(27(36-3)37-4)24(11-6-2)34(28(33)35)19-20-14-16-21(17-15-20)22-12-8-9-13-23(22)26-29-31-32-30-26/h8-9,12-17,27H,5-7,10-11,18-19H2,1-4H3,(H,29,30,31,32). The first-order valence-electron chi connectivity index (χ1n) is 12.9. The highest BCUT2D eigenvalue weighted by Gasteiger charge is 2.26. The lowest BCUT2D eigenvalue weighted by Crippen LogP contribution is -2.26. The van der Waals surface area contributed by atoms with Gasteiger partial charge in [-0.15, -0.1) is 10.2 Å². The van der Waals surface area contributed by atoms with E-state index in [1.807, 2.05) is 33.4 Å². The van der Waals surface area contributed by atoms with Gasteiger partial charge >= 0.3 is 5.69 Å². The van der Waals surface area contributed by atoms with E-state index in [-0.39, 0.29) is 5.69 Å². The van der Waals surface area contributed by atoms with E-state index in [0.717, 1.165) is 65.7 Å². The zero-order valence-corrected chi connectivity index (χ0v) is 22.1. The van der Waals surface area contributed by atoms with Crippen molar-refractivity contribution in [1.29, 1.82) is 0 Å². The molecule has 2 aromatic heterocycles. The van der Waals surface area contributed by atoms with Gasteiger partial charge in [-0.3, -0.25) is 9.13 Å². The Balaban J connectivity index is 1.69. The fourth-order valence-corrected chi connectivity index (χ4v) is 4.82. The second kappa shape index (κ2) is 12.6. The Labute approximate surface area is 217 Å². The Bertz CT molecular complexity index is 1320. The van der Waals surface area contributed by atoms with Crippen molar-refractivity contribution in [3.8, 4) is 22.5 Å². The number of methoxy groups -OCH3 is 2. The number of aromatic nitrogens is 6. The molecule has 2 aromatic carbocycles. The molecule has 1 N–H and O–H groups in total. The van der Waals surface area contributed by atoms with E-state index in [4.69, 9.17) is 9.47 Å². The van der Waals surface area contributed by atoms with Crippen molar-refractivity contribution in [3.63, 3.8) is 0 Å². The molecule has 2 heterocycles. The van der Waals surface area contributed by atoms with Gasteiger partial charge in [0.05, 0.1) is 12.2 Å². The predicted molar refractivity (Wildman–Crippen MR) is 143 cm³/mol. The third kappa shape index (κ3) is 5.73. The van der Waals surface area contributed by atoms with Crippen molar-refractivity contribution in [2.75, 3.05) is 14.2 Å². The number of nitrogens with one attached hydrogen (secondary N) is 1. The molecular formula is C28H36N6O3. The van der Waals surface area contributed by atoms with Gasteiger partial charge in [0.1, 0.15) is 0 Å². The number of rotatable bonds is 13. The number of nitrogens with zero attached hydrogens (tertiary/aromatic N) is 5. The molecule has 4 rings (SSSR count). The number of unbranched alkanes of at least 4 members (excludes halogenated alkanes) is 2. The predicted octanol–water partition coefficient (Wildman–Crippen LogP) is 4.98. The monoisotopic (exact) mass is 504 g/mol. The number of tetrazole rings is 1. The zero-order chi connectivity index (χ0) is 26.2. The lowest BCUT2D eigenvalue weighted by atomic mass is 9.98. The van der Waals surface area contributed by atoms with Gasteiger partial charge in [0.25, 0.3) is 0 Å². The van der Waals surface area contributed by atoms with Crippen LogP contribution in [0.2, 0.25) is 0 Å². The average Bonchev–Trinajstić information content (AvgIpc) is 3.55. The first kappa shape index (κ1) is 26.5. The molecule has 0 unspecified atom stereocenters. The van der Waals surface area contributed by atoms with E-state index in [9.17, 15) is 4.79 Å². The van der Waals surface area contributed by atoms with Gasteiger partial charge in [0.15, 0.2) is 6.29 Å². The summed E-state index contributed by atoms with van der Waals surface area (Å²) in [7, 11) is 3.24. The molecule has 0 amide bonds. The van der Waals surface area contributed by atoms with Crippen molar-refractivity contribution < 1.29 is 9.47 Å². The van der Waals surface area contributed by atoms with E-state index in [1.165, 1.54) is 0 Å². The fourth-order valence-electron chi connectivity index (χ4n) is 4.82. The molecule has 0 aliphatic carbocycles. The number of aromatic amines is 1. The van der Waals surface area contributed by atoms with E-state index in [2.05, 4.69) is 58.7 Å². The summed E-state index contributed by atoms with van der Waals surface area (Å²) in [6.07, 6.45) is 4.20. The number of hydrogen-bond donors (Lipinski definition) is 1. The highest BCUT2D eigenvalue weighted by molar-refractivity contribution is 5.80. The molecule has 0 spiro atoms. The molecule has 0 saturated carbocycles. The molecule has 0 bridgehead atoms. The third-order valence-electron chi connectivity index (χ3n) is 6.62. The highest BCUT2D eigenvalue weighted by Crippen LogP contribution is 2.30. The fraction of sp³-hybridized carbons (Fsp3) is 0.429. The maximum atomic E-state index is 13.7. The van der Waals surface area contributed by atoms with Gasteiger partial charge in [-0.2, -0.15) is 5.21 Å². The first-order valence-corrected chi connectivity index (χ1v) is 12.9. The Morgan fingerprint density at radius 3 is 2.27 bits per heavy atom. The van der Waals surface area contributed by atoms with Crippen LogP contribution in [0, 0.1) is 0 Å². The Morgan fingerprint density at radius 2 is 1.65 bits per heavy atom. The maximum absolute atomic E-state index is 13.7.